The number of ether oxygens (including phenoxy) is 1. The molecule has 0 unspecified atom stereocenters. The molecule has 0 radical (unpaired) electrons. The minimum atomic E-state index is -4.88. The summed E-state index contributed by atoms with van der Waals surface area (Å²) in [5, 5.41) is 4.47. The molecule has 0 aliphatic heterocycles. The highest BCUT2D eigenvalue weighted by atomic mass is 35.5. The normalized spacial score (nSPS) is 11.6. The highest BCUT2D eigenvalue weighted by molar-refractivity contribution is 7.14. The van der Waals surface area contributed by atoms with Crippen LogP contribution < -0.4 is 21.3 Å². The Balaban J connectivity index is 1.57. The number of thiazole rings is 1. The molecule has 1 amide bonds. The number of nitrogens with zero attached hydrogens (tertiary/aromatic N) is 4. The van der Waals surface area contributed by atoms with E-state index in [4.69, 9.17) is 11.6 Å². The topological polar surface area (TPSA) is 108 Å². The van der Waals surface area contributed by atoms with E-state index in [9.17, 15) is 27.6 Å². The molecule has 4 rings (SSSR count). The number of carbonyl (C=O) groups excluding carboxylic acids is 1. The highest BCUT2D eigenvalue weighted by Crippen LogP contribution is 2.33. The maximum Gasteiger partial charge on any atom is 0.573 e. The minimum absolute atomic E-state index is 0.0147. The van der Waals surface area contributed by atoms with E-state index in [0.717, 1.165) is 28.0 Å². The number of aromatic nitrogens is 4. The fourth-order valence-electron chi connectivity index (χ4n) is 3.40. The lowest BCUT2D eigenvalue weighted by molar-refractivity contribution is -0.274. The standard InChI is InChI=1S/C21H15ClF3N5O4S/c1-29-17-16(18(32)30(2)20(29)33)10(3-4-26-17)7-15(31)28-19-27-14(9-35-19)11-5-12(22)8-13(6-11)34-21(23,24)25/h3-6,8-9H,7H2,1-2H3,(H,27,28,31). The number of benzene rings is 1. The third-order valence-electron chi connectivity index (χ3n) is 4.93. The quantitative estimate of drug-likeness (QED) is 0.427. The molecular formula is C21H15ClF3N5O4S. The largest absolute Gasteiger partial charge is 0.573 e. The summed E-state index contributed by atoms with van der Waals surface area (Å²) >= 11 is 6.96. The van der Waals surface area contributed by atoms with Crippen molar-refractivity contribution in [1.82, 2.24) is 19.1 Å². The van der Waals surface area contributed by atoms with E-state index in [0.29, 0.717) is 5.56 Å². The van der Waals surface area contributed by atoms with E-state index in [2.05, 4.69) is 20.0 Å². The maximum atomic E-state index is 12.7. The van der Waals surface area contributed by atoms with E-state index < -0.39 is 29.3 Å². The number of pyridine rings is 1. The number of carbonyl (C=O) groups is 1. The van der Waals surface area contributed by atoms with Crippen molar-refractivity contribution in [2.24, 2.45) is 14.1 Å². The number of fused-ring (bicyclic) bond motifs is 1. The average Bonchev–Trinajstić information content (AvgIpc) is 3.23. The van der Waals surface area contributed by atoms with Crippen LogP contribution in [0.15, 0.2) is 45.4 Å². The van der Waals surface area contributed by atoms with Crippen LogP contribution in [0.2, 0.25) is 5.02 Å². The first-order valence-corrected chi connectivity index (χ1v) is 11.0. The first-order valence-electron chi connectivity index (χ1n) is 9.78. The van der Waals surface area contributed by atoms with Crippen molar-refractivity contribution in [3.05, 3.63) is 67.3 Å². The van der Waals surface area contributed by atoms with Crippen molar-refractivity contribution >= 4 is 45.0 Å². The molecule has 0 atom stereocenters. The molecule has 1 aromatic carbocycles. The Morgan fingerprint density at radius 1 is 1.20 bits per heavy atom. The van der Waals surface area contributed by atoms with Gasteiger partial charge in [0.2, 0.25) is 5.91 Å². The summed E-state index contributed by atoms with van der Waals surface area (Å²) in [7, 11) is 2.80. The van der Waals surface area contributed by atoms with Gasteiger partial charge in [0, 0.05) is 36.3 Å². The zero-order valence-electron chi connectivity index (χ0n) is 18.0. The third kappa shape index (κ3) is 5.20. The average molecular weight is 526 g/mol. The molecule has 35 heavy (non-hydrogen) atoms. The van der Waals surface area contributed by atoms with Crippen molar-refractivity contribution in [2.75, 3.05) is 5.32 Å². The van der Waals surface area contributed by atoms with Crippen molar-refractivity contribution in [2.45, 2.75) is 12.8 Å². The predicted molar refractivity (Wildman–Crippen MR) is 124 cm³/mol. The van der Waals surface area contributed by atoms with E-state index in [-0.39, 0.29) is 38.9 Å². The molecule has 0 bridgehead atoms. The van der Waals surface area contributed by atoms with Crippen LogP contribution >= 0.6 is 22.9 Å². The van der Waals surface area contributed by atoms with Gasteiger partial charge >= 0.3 is 12.1 Å². The Morgan fingerprint density at radius 3 is 2.66 bits per heavy atom. The van der Waals surface area contributed by atoms with Crippen LogP contribution in [0.4, 0.5) is 18.3 Å². The molecular weight excluding hydrogens is 511 g/mol. The van der Waals surface area contributed by atoms with Gasteiger partial charge in [0.1, 0.15) is 11.4 Å². The van der Waals surface area contributed by atoms with Crippen molar-refractivity contribution in [3.8, 4) is 17.0 Å². The van der Waals surface area contributed by atoms with Crippen LogP contribution in [-0.4, -0.2) is 31.4 Å². The highest BCUT2D eigenvalue weighted by Gasteiger charge is 2.31. The van der Waals surface area contributed by atoms with Crippen molar-refractivity contribution < 1.29 is 22.7 Å². The van der Waals surface area contributed by atoms with Crippen LogP contribution in [0, 0.1) is 0 Å². The molecule has 0 fully saturated rings. The smallest absolute Gasteiger partial charge is 0.406 e. The van der Waals surface area contributed by atoms with Gasteiger partial charge in [-0.2, -0.15) is 0 Å². The Kier molecular flexibility index (Phi) is 6.38. The fraction of sp³-hybridized carbons (Fsp3) is 0.190. The van der Waals surface area contributed by atoms with Crippen LogP contribution in [0.3, 0.4) is 0 Å². The van der Waals surface area contributed by atoms with Gasteiger partial charge < -0.3 is 10.1 Å². The van der Waals surface area contributed by atoms with Gasteiger partial charge in [-0.3, -0.25) is 18.7 Å². The monoisotopic (exact) mass is 525 g/mol. The van der Waals surface area contributed by atoms with Gasteiger partial charge in [-0.1, -0.05) is 11.6 Å². The number of amides is 1. The summed E-state index contributed by atoms with van der Waals surface area (Å²) in [4.78, 5) is 45.8. The minimum Gasteiger partial charge on any atom is -0.406 e. The molecule has 0 aliphatic carbocycles. The Morgan fingerprint density at radius 2 is 1.94 bits per heavy atom. The van der Waals surface area contributed by atoms with Crippen LogP contribution in [0.1, 0.15) is 5.56 Å². The van der Waals surface area contributed by atoms with Crippen LogP contribution in [0.5, 0.6) is 5.75 Å². The number of anilines is 1. The zero-order valence-corrected chi connectivity index (χ0v) is 19.6. The van der Waals surface area contributed by atoms with Gasteiger partial charge in [0.15, 0.2) is 5.13 Å². The number of nitrogens with one attached hydrogen (secondary N) is 1. The van der Waals surface area contributed by atoms with Gasteiger partial charge in [-0.05, 0) is 29.8 Å². The molecule has 182 valence electrons. The predicted octanol–water partition coefficient (Wildman–Crippen LogP) is 3.49. The third-order valence-corrected chi connectivity index (χ3v) is 5.91. The SMILES string of the molecule is Cn1c(=O)c2c(CC(=O)Nc3nc(-c4cc(Cl)cc(OC(F)(F)F)c4)cs3)ccnc2n(C)c1=O. The molecule has 3 aromatic heterocycles. The molecule has 0 saturated carbocycles. The summed E-state index contributed by atoms with van der Waals surface area (Å²) in [5.41, 5.74) is -0.0665. The number of rotatable bonds is 5. The Bertz CT molecular complexity index is 1580. The maximum absolute atomic E-state index is 12.7. The van der Waals surface area contributed by atoms with E-state index >= 15 is 0 Å². The summed E-state index contributed by atoms with van der Waals surface area (Å²) in [6.45, 7) is 0. The molecule has 4 aromatic rings. The number of aryl methyl sites for hydroxylation is 1. The summed E-state index contributed by atoms with van der Waals surface area (Å²) in [5.74, 6) is -0.999. The lowest BCUT2D eigenvalue weighted by Crippen LogP contribution is -2.37. The second-order valence-electron chi connectivity index (χ2n) is 7.36. The van der Waals surface area contributed by atoms with Crippen LogP contribution in [0.25, 0.3) is 22.3 Å². The molecule has 0 spiro atoms. The van der Waals surface area contributed by atoms with Gasteiger partial charge in [0.05, 0.1) is 17.5 Å². The number of alkyl halides is 3. The zero-order chi connectivity index (χ0) is 25.5. The second-order valence-corrected chi connectivity index (χ2v) is 8.66. The number of hydrogen-bond acceptors (Lipinski definition) is 7. The van der Waals surface area contributed by atoms with E-state index in [1.807, 2.05) is 0 Å². The Hall–Kier alpha value is -3.71. The number of halogens is 4. The molecule has 0 saturated heterocycles. The fourth-order valence-corrected chi connectivity index (χ4v) is 4.36. The first-order chi connectivity index (χ1) is 16.4. The van der Waals surface area contributed by atoms with E-state index in [1.54, 1.807) is 0 Å². The summed E-state index contributed by atoms with van der Waals surface area (Å²) in [6.07, 6.45) is -3.69. The molecule has 9 nitrogen and oxygen atoms in total. The second kappa shape index (κ2) is 9.15. The van der Waals surface area contributed by atoms with Gasteiger partial charge in [0.25, 0.3) is 5.56 Å². The van der Waals surface area contributed by atoms with E-state index in [1.165, 1.54) is 42.4 Å². The molecule has 14 heteroatoms. The lowest BCUT2D eigenvalue weighted by atomic mass is 10.1. The van der Waals surface area contributed by atoms with Crippen molar-refractivity contribution in [3.63, 3.8) is 0 Å². The van der Waals surface area contributed by atoms with Gasteiger partial charge in [-0.25, -0.2) is 14.8 Å². The molecule has 3 heterocycles. The Labute approximate surface area is 203 Å². The molecule has 0 aliphatic rings. The summed E-state index contributed by atoms with van der Waals surface area (Å²) < 4.78 is 43.7. The van der Waals surface area contributed by atoms with Crippen molar-refractivity contribution in [1.29, 1.82) is 0 Å². The number of hydrogen-bond donors (Lipinski definition) is 1. The lowest BCUT2D eigenvalue weighted by Gasteiger charge is -2.10. The van der Waals surface area contributed by atoms with Crippen LogP contribution in [-0.2, 0) is 25.3 Å². The molecule has 1 N–H and O–H groups in total. The van der Waals surface area contributed by atoms with Gasteiger partial charge in [-0.15, -0.1) is 24.5 Å². The first kappa shape index (κ1) is 24.4. The summed E-state index contributed by atoms with van der Waals surface area (Å²) in [6, 6.07) is 5.07.